The van der Waals surface area contributed by atoms with E-state index in [4.69, 9.17) is 10.5 Å². The topological polar surface area (TPSA) is 72.5 Å². The van der Waals surface area contributed by atoms with E-state index in [1.54, 1.807) is 11.6 Å². The van der Waals surface area contributed by atoms with Crippen molar-refractivity contribution in [3.8, 4) is 11.5 Å². The summed E-state index contributed by atoms with van der Waals surface area (Å²) in [6.07, 6.45) is 1.70. The van der Waals surface area contributed by atoms with Crippen molar-refractivity contribution in [1.29, 1.82) is 0 Å². The number of rotatable bonds is 5. The maximum absolute atomic E-state index is 6.03. The first-order chi connectivity index (χ1) is 12.4. The Morgan fingerprint density at radius 1 is 1.12 bits per heavy atom. The van der Waals surface area contributed by atoms with Gasteiger partial charge in [-0.1, -0.05) is 45.0 Å². The number of nitrogens with two attached hydrogens (primary N) is 1. The molecule has 134 valence electrons. The van der Waals surface area contributed by atoms with Gasteiger partial charge in [0, 0.05) is 10.9 Å². The predicted octanol–water partition coefficient (Wildman–Crippen LogP) is 5.26. The minimum Gasteiger partial charge on any atom is -0.457 e. The van der Waals surface area contributed by atoms with Crippen LogP contribution in [0.15, 0.2) is 59.0 Å². The lowest BCUT2D eigenvalue weighted by Crippen LogP contribution is -2.10. The van der Waals surface area contributed by atoms with Gasteiger partial charge in [-0.05, 0) is 35.2 Å². The molecule has 0 atom stereocenters. The quantitative estimate of drug-likeness (QED) is 0.477. The summed E-state index contributed by atoms with van der Waals surface area (Å²) >= 11 is 1.40. The molecule has 0 saturated carbocycles. The number of benzene rings is 2. The third-order valence-corrected chi connectivity index (χ3v) is 4.52. The highest BCUT2D eigenvalue weighted by Crippen LogP contribution is 2.28. The van der Waals surface area contributed by atoms with Crippen molar-refractivity contribution in [3.63, 3.8) is 0 Å². The van der Waals surface area contributed by atoms with E-state index in [0.29, 0.717) is 10.9 Å². The largest absolute Gasteiger partial charge is 0.457 e. The molecule has 0 aliphatic carbocycles. The van der Waals surface area contributed by atoms with Gasteiger partial charge in [-0.15, -0.1) is 11.3 Å². The van der Waals surface area contributed by atoms with E-state index >= 15 is 0 Å². The van der Waals surface area contributed by atoms with Gasteiger partial charge in [-0.25, -0.2) is 4.98 Å². The minimum atomic E-state index is 0.119. The van der Waals surface area contributed by atoms with Crippen LogP contribution in [-0.4, -0.2) is 11.2 Å². The maximum Gasteiger partial charge on any atom is 0.205 e. The summed E-state index contributed by atoms with van der Waals surface area (Å²) in [5.74, 6) is 2.01. The van der Waals surface area contributed by atoms with E-state index < -0.39 is 0 Å². The van der Waals surface area contributed by atoms with E-state index in [9.17, 15) is 0 Å². The average Bonchev–Trinajstić information content (AvgIpc) is 3.01. The molecule has 6 heteroatoms. The highest BCUT2D eigenvalue weighted by atomic mass is 32.1. The SMILES string of the molecule is CC(C)(C)c1ccc(Oc2ccccc2C=NNc2nc(N)cs2)cc1. The molecular formula is C20H22N4OS. The summed E-state index contributed by atoms with van der Waals surface area (Å²) in [4.78, 5) is 4.10. The second kappa shape index (κ2) is 7.58. The van der Waals surface area contributed by atoms with Crippen molar-refractivity contribution in [1.82, 2.24) is 4.98 Å². The van der Waals surface area contributed by atoms with Gasteiger partial charge in [0.15, 0.2) is 0 Å². The number of hydrazone groups is 1. The number of aromatic nitrogens is 1. The van der Waals surface area contributed by atoms with Crippen molar-refractivity contribution in [2.45, 2.75) is 26.2 Å². The number of ether oxygens (including phenoxy) is 1. The maximum atomic E-state index is 6.03. The highest BCUT2D eigenvalue weighted by Gasteiger charge is 2.13. The van der Waals surface area contributed by atoms with Gasteiger partial charge in [0.1, 0.15) is 17.3 Å². The zero-order valence-electron chi connectivity index (χ0n) is 15.1. The molecule has 0 fully saturated rings. The van der Waals surface area contributed by atoms with Gasteiger partial charge in [-0.2, -0.15) is 5.10 Å². The Kier molecular flexibility index (Phi) is 5.23. The third-order valence-electron chi connectivity index (χ3n) is 3.75. The molecule has 26 heavy (non-hydrogen) atoms. The Hall–Kier alpha value is -2.86. The van der Waals surface area contributed by atoms with Crippen LogP contribution in [-0.2, 0) is 5.41 Å². The van der Waals surface area contributed by atoms with Gasteiger partial charge in [-0.3, -0.25) is 5.43 Å². The highest BCUT2D eigenvalue weighted by molar-refractivity contribution is 7.14. The van der Waals surface area contributed by atoms with Crippen molar-refractivity contribution < 1.29 is 4.74 Å². The molecule has 1 aromatic heterocycles. The molecule has 0 saturated heterocycles. The Balaban J connectivity index is 1.72. The normalized spacial score (nSPS) is 11.7. The fourth-order valence-corrected chi connectivity index (χ4v) is 2.87. The second-order valence-corrected chi connectivity index (χ2v) is 7.72. The van der Waals surface area contributed by atoms with Gasteiger partial charge >= 0.3 is 0 Å². The van der Waals surface area contributed by atoms with Crippen LogP contribution < -0.4 is 15.9 Å². The summed E-state index contributed by atoms with van der Waals surface area (Å²) in [5.41, 5.74) is 10.7. The molecule has 5 nitrogen and oxygen atoms in total. The number of hydrogen-bond donors (Lipinski definition) is 2. The lowest BCUT2D eigenvalue weighted by Gasteiger charge is -2.19. The number of thiazole rings is 1. The fourth-order valence-electron chi connectivity index (χ4n) is 2.32. The Labute approximate surface area is 157 Å². The molecule has 1 heterocycles. The number of nitrogens with zero attached hydrogens (tertiary/aromatic N) is 2. The zero-order valence-corrected chi connectivity index (χ0v) is 15.9. The summed E-state index contributed by atoms with van der Waals surface area (Å²) in [7, 11) is 0. The van der Waals surface area contributed by atoms with Gasteiger partial charge in [0.25, 0.3) is 0 Å². The van der Waals surface area contributed by atoms with Crippen molar-refractivity contribution in [2.24, 2.45) is 5.10 Å². The number of para-hydroxylation sites is 1. The van der Waals surface area contributed by atoms with Crippen LogP contribution in [0.5, 0.6) is 11.5 Å². The Morgan fingerprint density at radius 3 is 2.50 bits per heavy atom. The predicted molar refractivity (Wildman–Crippen MR) is 109 cm³/mol. The molecule has 0 aliphatic rings. The molecule has 0 amide bonds. The van der Waals surface area contributed by atoms with Crippen LogP contribution in [0.25, 0.3) is 0 Å². The van der Waals surface area contributed by atoms with Crippen LogP contribution in [0.4, 0.5) is 10.9 Å². The fraction of sp³-hybridized carbons (Fsp3) is 0.200. The van der Waals surface area contributed by atoms with E-state index in [1.165, 1.54) is 16.9 Å². The van der Waals surface area contributed by atoms with Crippen LogP contribution >= 0.6 is 11.3 Å². The van der Waals surface area contributed by atoms with Crippen molar-refractivity contribution >= 4 is 28.5 Å². The monoisotopic (exact) mass is 366 g/mol. The Morgan fingerprint density at radius 2 is 1.85 bits per heavy atom. The number of nitrogen functional groups attached to an aromatic ring is 1. The smallest absolute Gasteiger partial charge is 0.205 e. The standard InChI is InChI=1S/C20H22N4OS/c1-20(2,3)15-8-10-16(11-9-15)25-17-7-5-4-6-14(17)12-22-24-19-23-18(21)13-26-19/h4-13H,21H2,1-3H3,(H,23,24). The van der Waals surface area contributed by atoms with Crippen LogP contribution in [0.2, 0.25) is 0 Å². The molecule has 0 spiro atoms. The molecule has 0 radical (unpaired) electrons. The molecule has 0 bridgehead atoms. The van der Waals surface area contributed by atoms with Crippen molar-refractivity contribution in [3.05, 3.63) is 65.0 Å². The zero-order chi connectivity index (χ0) is 18.6. The lowest BCUT2D eigenvalue weighted by atomic mass is 9.87. The van der Waals surface area contributed by atoms with Gasteiger partial charge in [0.05, 0.1) is 6.21 Å². The second-order valence-electron chi connectivity index (χ2n) is 6.86. The first-order valence-corrected chi connectivity index (χ1v) is 9.17. The molecule has 0 unspecified atom stereocenters. The average molecular weight is 366 g/mol. The van der Waals surface area contributed by atoms with E-state index in [2.05, 4.69) is 48.4 Å². The molecular weight excluding hydrogens is 344 g/mol. The van der Waals surface area contributed by atoms with Crippen LogP contribution in [0, 0.1) is 0 Å². The third kappa shape index (κ3) is 4.61. The van der Waals surface area contributed by atoms with E-state index in [-0.39, 0.29) is 5.41 Å². The molecule has 3 N–H and O–H groups in total. The van der Waals surface area contributed by atoms with Crippen LogP contribution in [0.1, 0.15) is 31.9 Å². The number of hydrogen-bond acceptors (Lipinski definition) is 6. The van der Waals surface area contributed by atoms with E-state index in [1.807, 2.05) is 36.4 Å². The molecule has 3 rings (SSSR count). The van der Waals surface area contributed by atoms with Crippen molar-refractivity contribution in [2.75, 3.05) is 11.2 Å². The first kappa shape index (κ1) is 17.9. The number of nitrogens with one attached hydrogen (secondary N) is 1. The van der Waals surface area contributed by atoms with Gasteiger partial charge < -0.3 is 10.5 Å². The summed E-state index contributed by atoms with van der Waals surface area (Å²) in [5, 5.41) is 6.62. The lowest BCUT2D eigenvalue weighted by molar-refractivity contribution is 0.480. The van der Waals surface area contributed by atoms with E-state index in [0.717, 1.165) is 17.1 Å². The van der Waals surface area contributed by atoms with Gasteiger partial charge in [0.2, 0.25) is 5.13 Å². The summed E-state index contributed by atoms with van der Waals surface area (Å²) < 4.78 is 6.03. The molecule has 2 aromatic carbocycles. The molecule has 3 aromatic rings. The van der Waals surface area contributed by atoms with Crippen LogP contribution in [0.3, 0.4) is 0 Å². The summed E-state index contributed by atoms with van der Waals surface area (Å²) in [6, 6.07) is 15.9. The number of anilines is 2. The first-order valence-electron chi connectivity index (χ1n) is 8.29. The molecule has 0 aliphatic heterocycles. The Bertz CT molecular complexity index is 895. The minimum absolute atomic E-state index is 0.119. The summed E-state index contributed by atoms with van der Waals surface area (Å²) in [6.45, 7) is 6.58.